The van der Waals surface area contributed by atoms with Gasteiger partial charge in [0.15, 0.2) is 0 Å². The maximum Gasteiger partial charge on any atom is 0.142 e. The Balaban J connectivity index is 1.82. The number of thioether (sulfide) groups is 1. The van der Waals surface area contributed by atoms with Gasteiger partial charge in [-0.2, -0.15) is 0 Å². The maximum atomic E-state index is 6.10. The van der Waals surface area contributed by atoms with Gasteiger partial charge in [0.05, 0.1) is 17.2 Å². The summed E-state index contributed by atoms with van der Waals surface area (Å²) in [6, 6.07) is 0. The van der Waals surface area contributed by atoms with Crippen LogP contribution in [0.15, 0.2) is 0 Å². The first-order valence-corrected chi connectivity index (χ1v) is 8.68. The fraction of sp³-hybridized carbons (Fsp3) is 0.571. The van der Waals surface area contributed by atoms with Gasteiger partial charge in [0.1, 0.15) is 16.5 Å². The van der Waals surface area contributed by atoms with E-state index in [0.29, 0.717) is 17.2 Å². The minimum absolute atomic E-state index is 0.326. The van der Waals surface area contributed by atoms with E-state index in [9.17, 15) is 0 Å². The molecule has 2 aromatic rings. The summed E-state index contributed by atoms with van der Waals surface area (Å²) in [5.41, 5.74) is 7.31. The van der Waals surface area contributed by atoms with Crippen molar-refractivity contribution >= 4 is 39.1 Å². The Morgan fingerprint density at radius 1 is 1.40 bits per heavy atom. The van der Waals surface area contributed by atoms with Gasteiger partial charge < -0.3 is 10.5 Å². The lowest BCUT2D eigenvalue weighted by Crippen LogP contribution is -2.14. The number of hydrogen-bond donors (Lipinski definition) is 1. The highest BCUT2D eigenvalue weighted by atomic mass is 32.2. The van der Waals surface area contributed by atoms with Crippen molar-refractivity contribution in [3.05, 3.63) is 16.3 Å². The molecule has 20 heavy (non-hydrogen) atoms. The molecule has 1 saturated heterocycles. The van der Waals surface area contributed by atoms with Crippen molar-refractivity contribution < 1.29 is 4.74 Å². The fourth-order valence-corrected chi connectivity index (χ4v) is 4.66. The molecule has 0 amide bonds. The molecule has 0 bridgehead atoms. The zero-order valence-electron chi connectivity index (χ0n) is 12.0. The minimum Gasteiger partial charge on any atom is -0.383 e. The molecule has 2 atom stereocenters. The molecule has 6 heteroatoms. The van der Waals surface area contributed by atoms with Crippen molar-refractivity contribution in [3.63, 3.8) is 0 Å². The molecule has 1 aliphatic rings. The molecule has 2 aromatic heterocycles. The lowest BCUT2D eigenvalue weighted by atomic mass is 10.2. The first-order valence-electron chi connectivity index (χ1n) is 6.81. The van der Waals surface area contributed by atoms with Crippen LogP contribution in [-0.2, 0) is 10.5 Å². The second-order valence-corrected chi connectivity index (χ2v) is 7.63. The van der Waals surface area contributed by atoms with Crippen LogP contribution in [0.5, 0.6) is 0 Å². The summed E-state index contributed by atoms with van der Waals surface area (Å²) in [6.07, 6.45) is 1.44. The molecule has 0 aromatic carbocycles. The topological polar surface area (TPSA) is 61.0 Å². The molecule has 108 valence electrons. The van der Waals surface area contributed by atoms with Crippen LogP contribution in [0.1, 0.15) is 29.6 Å². The first kappa shape index (κ1) is 14.1. The standard InChI is InChI=1S/C14H19N3OS2/c1-7-9(3)20-14-12(7)13(15)16-11(17-14)6-19-10-4-5-18-8(10)2/h8,10H,4-6H2,1-3H3,(H2,15,16,17). The van der Waals surface area contributed by atoms with Crippen molar-refractivity contribution in [2.75, 3.05) is 12.3 Å². The molecule has 1 fully saturated rings. The van der Waals surface area contributed by atoms with Gasteiger partial charge in [-0.25, -0.2) is 9.97 Å². The minimum atomic E-state index is 0.326. The fourth-order valence-electron chi connectivity index (χ4n) is 2.50. The van der Waals surface area contributed by atoms with E-state index in [-0.39, 0.29) is 0 Å². The Labute approximate surface area is 127 Å². The van der Waals surface area contributed by atoms with Crippen LogP contribution in [0.2, 0.25) is 0 Å². The number of anilines is 1. The number of ether oxygens (including phenoxy) is 1. The van der Waals surface area contributed by atoms with Crippen molar-refractivity contribution in [1.29, 1.82) is 0 Å². The number of aromatic nitrogens is 2. The summed E-state index contributed by atoms with van der Waals surface area (Å²) in [4.78, 5) is 11.4. The van der Waals surface area contributed by atoms with Gasteiger partial charge in [0.25, 0.3) is 0 Å². The zero-order chi connectivity index (χ0) is 14.3. The average Bonchev–Trinajstić information content (AvgIpc) is 2.92. The molecule has 0 saturated carbocycles. The summed E-state index contributed by atoms with van der Waals surface area (Å²) < 4.78 is 5.58. The highest BCUT2D eigenvalue weighted by molar-refractivity contribution is 7.99. The summed E-state index contributed by atoms with van der Waals surface area (Å²) in [5, 5.41) is 1.57. The SMILES string of the molecule is Cc1sc2nc(CSC3CCOC3C)nc(N)c2c1C. The third-order valence-corrected chi connectivity index (χ3v) is 6.41. The van der Waals surface area contributed by atoms with Crippen LogP contribution in [0.25, 0.3) is 10.2 Å². The van der Waals surface area contributed by atoms with Crippen LogP contribution < -0.4 is 5.73 Å². The Morgan fingerprint density at radius 2 is 2.20 bits per heavy atom. The zero-order valence-corrected chi connectivity index (χ0v) is 13.6. The number of hydrogen-bond acceptors (Lipinski definition) is 6. The van der Waals surface area contributed by atoms with E-state index < -0.39 is 0 Å². The van der Waals surface area contributed by atoms with E-state index in [1.165, 1.54) is 10.4 Å². The largest absolute Gasteiger partial charge is 0.383 e. The van der Waals surface area contributed by atoms with Crippen LogP contribution >= 0.6 is 23.1 Å². The van der Waals surface area contributed by atoms with Gasteiger partial charge in [-0.3, -0.25) is 0 Å². The highest BCUT2D eigenvalue weighted by Gasteiger charge is 2.25. The first-order chi connectivity index (χ1) is 9.56. The monoisotopic (exact) mass is 309 g/mol. The molecule has 2 N–H and O–H groups in total. The number of aryl methyl sites for hydroxylation is 2. The van der Waals surface area contributed by atoms with Crippen LogP contribution in [0, 0.1) is 13.8 Å². The highest BCUT2D eigenvalue weighted by Crippen LogP contribution is 2.33. The second-order valence-electron chi connectivity index (χ2n) is 5.20. The Morgan fingerprint density at radius 3 is 2.90 bits per heavy atom. The van der Waals surface area contributed by atoms with Gasteiger partial charge in [0, 0.05) is 16.7 Å². The lowest BCUT2D eigenvalue weighted by molar-refractivity contribution is 0.127. The smallest absolute Gasteiger partial charge is 0.142 e. The van der Waals surface area contributed by atoms with Gasteiger partial charge in [-0.05, 0) is 32.8 Å². The molecule has 3 rings (SSSR count). The number of nitrogens with zero attached hydrogens (tertiary/aromatic N) is 2. The molecule has 2 unspecified atom stereocenters. The van der Waals surface area contributed by atoms with Crippen molar-refractivity contribution in [2.24, 2.45) is 0 Å². The van der Waals surface area contributed by atoms with Crippen LogP contribution in [0.4, 0.5) is 5.82 Å². The third-order valence-electron chi connectivity index (χ3n) is 3.84. The van der Waals surface area contributed by atoms with Crippen LogP contribution in [-0.4, -0.2) is 27.9 Å². The molecular weight excluding hydrogens is 290 g/mol. The van der Waals surface area contributed by atoms with Gasteiger partial charge in [-0.15, -0.1) is 23.1 Å². The molecule has 0 radical (unpaired) electrons. The van der Waals surface area contributed by atoms with E-state index in [1.54, 1.807) is 11.3 Å². The molecule has 0 aliphatic carbocycles. The van der Waals surface area contributed by atoms with Crippen LogP contribution in [0.3, 0.4) is 0 Å². The summed E-state index contributed by atoms with van der Waals surface area (Å²) in [7, 11) is 0. The maximum absolute atomic E-state index is 6.10. The molecule has 1 aliphatic heterocycles. The molecule has 4 nitrogen and oxygen atoms in total. The Hall–Kier alpha value is -0.850. The molecule has 3 heterocycles. The number of nitrogens with two attached hydrogens (primary N) is 1. The predicted octanol–water partition coefficient (Wildman–Crippen LogP) is 3.30. The van der Waals surface area contributed by atoms with Gasteiger partial charge in [0.2, 0.25) is 0 Å². The number of rotatable bonds is 3. The van der Waals surface area contributed by atoms with E-state index in [4.69, 9.17) is 10.5 Å². The number of nitrogen functional groups attached to an aromatic ring is 1. The van der Waals surface area contributed by atoms with Crippen molar-refractivity contribution in [3.8, 4) is 0 Å². The average molecular weight is 309 g/mol. The van der Waals surface area contributed by atoms with E-state index in [0.717, 1.165) is 34.8 Å². The van der Waals surface area contributed by atoms with Crippen molar-refractivity contribution in [1.82, 2.24) is 9.97 Å². The molecule has 0 spiro atoms. The Kier molecular flexibility index (Phi) is 3.88. The van der Waals surface area contributed by atoms with E-state index in [2.05, 4.69) is 30.7 Å². The quantitative estimate of drug-likeness (QED) is 0.942. The lowest BCUT2D eigenvalue weighted by Gasteiger charge is -2.12. The van der Waals surface area contributed by atoms with Gasteiger partial charge >= 0.3 is 0 Å². The van der Waals surface area contributed by atoms with Crippen molar-refractivity contribution in [2.45, 2.75) is 44.3 Å². The molecular formula is C14H19N3OS2. The summed E-state index contributed by atoms with van der Waals surface area (Å²) >= 11 is 3.57. The second kappa shape index (κ2) is 5.50. The number of thiophene rings is 1. The third kappa shape index (κ3) is 2.52. The van der Waals surface area contributed by atoms with E-state index >= 15 is 0 Å². The summed E-state index contributed by atoms with van der Waals surface area (Å²) in [5.74, 6) is 2.25. The summed E-state index contributed by atoms with van der Waals surface area (Å²) in [6.45, 7) is 7.19. The van der Waals surface area contributed by atoms with Gasteiger partial charge in [-0.1, -0.05) is 0 Å². The number of fused-ring (bicyclic) bond motifs is 1. The normalized spacial score (nSPS) is 22.8. The Bertz CT molecular complexity index is 641. The van der Waals surface area contributed by atoms with E-state index in [1.807, 2.05) is 11.8 Å². The predicted molar refractivity (Wildman–Crippen MR) is 86.4 cm³/mol.